The molecule has 1 saturated heterocycles. The molecule has 1 aliphatic rings. The van der Waals surface area contributed by atoms with E-state index in [-0.39, 0.29) is 5.91 Å². The Balaban J connectivity index is 1.58. The fourth-order valence-corrected chi connectivity index (χ4v) is 3.26. The molecule has 0 aliphatic carbocycles. The van der Waals surface area contributed by atoms with E-state index in [0.29, 0.717) is 41.8 Å². The van der Waals surface area contributed by atoms with Crippen molar-refractivity contribution in [3.05, 3.63) is 53.6 Å². The maximum atomic E-state index is 12.8. The fourth-order valence-electron chi connectivity index (χ4n) is 3.26. The van der Waals surface area contributed by atoms with Crippen LogP contribution in [0, 0.1) is 11.3 Å². The molecule has 6 heteroatoms. The molecule has 1 aliphatic heterocycles. The molecule has 1 amide bonds. The van der Waals surface area contributed by atoms with Crippen LogP contribution in [0.5, 0.6) is 11.5 Å². The van der Waals surface area contributed by atoms with Crippen molar-refractivity contribution in [3.8, 4) is 17.6 Å². The van der Waals surface area contributed by atoms with Gasteiger partial charge in [-0.2, -0.15) is 5.26 Å². The lowest BCUT2D eigenvalue weighted by atomic mass is 10.0. The second-order valence-corrected chi connectivity index (χ2v) is 6.47. The molecule has 1 N–H and O–H groups in total. The molecule has 0 unspecified atom stereocenters. The van der Waals surface area contributed by atoms with Crippen molar-refractivity contribution in [1.29, 1.82) is 5.26 Å². The third-order valence-corrected chi connectivity index (χ3v) is 4.80. The molecule has 0 bridgehead atoms. The topological polar surface area (TPSA) is 74.6 Å². The molecule has 2 aromatic rings. The van der Waals surface area contributed by atoms with Crippen LogP contribution >= 0.6 is 0 Å². The first-order valence-corrected chi connectivity index (χ1v) is 8.92. The Morgan fingerprint density at radius 1 is 1.07 bits per heavy atom. The van der Waals surface area contributed by atoms with E-state index in [4.69, 9.17) is 14.7 Å². The number of nitriles is 1. The highest BCUT2D eigenvalue weighted by Crippen LogP contribution is 2.28. The molecule has 3 rings (SSSR count). The summed E-state index contributed by atoms with van der Waals surface area (Å²) in [5.41, 5.74) is 2.25. The maximum Gasteiger partial charge on any atom is 0.253 e. The van der Waals surface area contributed by atoms with Gasteiger partial charge in [0.25, 0.3) is 5.91 Å². The van der Waals surface area contributed by atoms with Crippen molar-refractivity contribution >= 4 is 11.6 Å². The van der Waals surface area contributed by atoms with Gasteiger partial charge in [0, 0.05) is 30.4 Å². The van der Waals surface area contributed by atoms with Gasteiger partial charge in [0.15, 0.2) is 11.5 Å². The van der Waals surface area contributed by atoms with Crippen LogP contribution in [-0.2, 0) is 0 Å². The van der Waals surface area contributed by atoms with Crippen molar-refractivity contribution in [2.24, 2.45) is 0 Å². The molecule has 0 saturated carbocycles. The zero-order chi connectivity index (χ0) is 19.2. The summed E-state index contributed by atoms with van der Waals surface area (Å²) >= 11 is 0. The van der Waals surface area contributed by atoms with Crippen molar-refractivity contribution in [2.75, 3.05) is 32.6 Å². The normalized spacial score (nSPS) is 14.3. The predicted molar refractivity (Wildman–Crippen MR) is 103 cm³/mol. The van der Waals surface area contributed by atoms with Gasteiger partial charge in [0.2, 0.25) is 0 Å². The van der Waals surface area contributed by atoms with Crippen molar-refractivity contribution in [2.45, 2.75) is 18.9 Å². The summed E-state index contributed by atoms with van der Waals surface area (Å²) in [6.07, 6.45) is 1.75. The summed E-state index contributed by atoms with van der Waals surface area (Å²) < 4.78 is 10.5. The van der Waals surface area contributed by atoms with Crippen LogP contribution in [0.3, 0.4) is 0 Å². The Hall–Kier alpha value is -3.20. The number of piperidine rings is 1. The molecule has 6 nitrogen and oxygen atoms in total. The first-order valence-electron chi connectivity index (χ1n) is 8.92. The van der Waals surface area contributed by atoms with Gasteiger partial charge in [-0.25, -0.2) is 0 Å². The number of hydrogen-bond donors (Lipinski definition) is 1. The van der Waals surface area contributed by atoms with Crippen LogP contribution in [0.25, 0.3) is 0 Å². The number of hydrogen-bond acceptors (Lipinski definition) is 5. The summed E-state index contributed by atoms with van der Waals surface area (Å²) in [5.74, 6) is 1.17. The van der Waals surface area contributed by atoms with Crippen LogP contribution in [-0.4, -0.2) is 44.2 Å². The van der Waals surface area contributed by atoms with E-state index < -0.39 is 0 Å². The summed E-state index contributed by atoms with van der Waals surface area (Å²) in [4.78, 5) is 14.7. The van der Waals surface area contributed by atoms with E-state index in [1.165, 1.54) is 0 Å². The third kappa shape index (κ3) is 4.32. The Labute approximate surface area is 159 Å². The van der Waals surface area contributed by atoms with Gasteiger partial charge in [0.1, 0.15) is 0 Å². The monoisotopic (exact) mass is 365 g/mol. The van der Waals surface area contributed by atoms with Crippen LogP contribution in [0.4, 0.5) is 5.69 Å². The number of nitrogens with one attached hydrogen (secondary N) is 1. The van der Waals surface area contributed by atoms with E-state index in [2.05, 4.69) is 11.4 Å². The lowest BCUT2D eigenvalue weighted by Gasteiger charge is -2.33. The van der Waals surface area contributed by atoms with Gasteiger partial charge in [-0.05, 0) is 55.3 Å². The highest BCUT2D eigenvalue weighted by Gasteiger charge is 2.24. The molecular formula is C21H23N3O3. The van der Waals surface area contributed by atoms with Crippen molar-refractivity contribution in [1.82, 2.24) is 4.90 Å². The molecule has 0 aromatic heterocycles. The molecule has 0 radical (unpaired) electrons. The van der Waals surface area contributed by atoms with Crippen molar-refractivity contribution < 1.29 is 14.3 Å². The second kappa shape index (κ2) is 8.45. The number of carbonyl (C=O) groups excluding carboxylic acids is 1. The quantitative estimate of drug-likeness (QED) is 0.880. The van der Waals surface area contributed by atoms with Crippen molar-refractivity contribution in [3.63, 3.8) is 0 Å². The zero-order valence-electron chi connectivity index (χ0n) is 15.6. The second-order valence-electron chi connectivity index (χ2n) is 6.47. The smallest absolute Gasteiger partial charge is 0.253 e. The molecule has 140 valence electrons. The fraction of sp³-hybridized carbons (Fsp3) is 0.333. The first-order chi connectivity index (χ1) is 13.1. The van der Waals surface area contributed by atoms with Gasteiger partial charge in [-0.1, -0.05) is 0 Å². The number of anilines is 1. The Morgan fingerprint density at radius 3 is 2.33 bits per heavy atom. The Kier molecular flexibility index (Phi) is 5.82. The van der Waals surface area contributed by atoms with E-state index in [9.17, 15) is 4.79 Å². The molecule has 2 aromatic carbocycles. The highest BCUT2D eigenvalue weighted by atomic mass is 16.5. The summed E-state index contributed by atoms with van der Waals surface area (Å²) in [6, 6.07) is 15.1. The van der Waals surface area contributed by atoms with E-state index in [1.807, 2.05) is 17.0 Å². The van der Waals surface area contributed by atoms with Gasteiger partial charge in [-0.15, -0.1) is 0 Å². The number of amides is 1. The molecule has 0 spiro atoms. The van der Waals surface area contributed by atoms with Gasteiger partial charge < -0.3 is 19.7 Å². The van der Waals surface area contributed by atoms with Crippen LogP contribution in [0.2, 0.25) is 0 Å². The van der Waals surface area contributed by atoms with E-state index >= 15 is 0 Å². The third-order valence-electron chi connectivity index (χ3n) is 4.80. The van der Waals surface area contributed by atoms with Crippen LogP contribution < -0.4 is 14.8 Å². The zero-order valence-corrected chi connectivity index (χ0v) is 15.6. The van der Waals surface area contributed by atoms with Crippen LogP contribution in [0.1, 0.15) is 28.8 Å². The maximum absolute atomic E-state index is 12.8. The minimum atomic E-state index is 0.00720. The minimum Gasteiger partial charge on any atom is -0.493 e. The lowest BCUT2D eigenvalue weighted by Crippen LogP contribution is -2.42. The number of rotatable bonds is 5. The van der Waals surface area contributed by atoms with E-state index in [1.54, 1.807) is 44.6 Å². The molecule has 1 heterocycles. The SMILES string of the molecule is COc1ccc(C(=O)N2CCC(Nc3ccc(C#N)cc3)CC2)cc1OC. The standard InChI is InChI=1S/C21H23N3O3/c1-26-19-8-5-16(13-20(19)27-2)21(25)24-11-9-18(10-12-24)23-17-6-3-15(14-22)4-7-17/h3-8,13,18,23H,9-12H2,1-2H3. The highest BCUT2D eigenvalue weighted by molar-refractivity contribution is 5.95. The predicted octanol–water partition coefficient (Wildman–Crippen LogP) is 3.29. The largest absolute Gasteiger partial charge is 0.493 e. The Bertz CT molecular complexity index is 835. The average molecular weight is 365 g/mol. The summed E-state index contributed by atoms with van der Waals surface area (Å²) in [6.45, 7) is 1.39. The number of likely N-dealkylation sites (tertiary alicyclic amines) is 1. The molecule has 0 atom stereocenters. The van der Waals surface area contributed by atoms with Gasteiger partial charge >= 0.3 is 0 Å². The van der Waals surface area contributed by atoms with E-state index in [0.717, 1.165) is 18.5 Å². The van der Waals surface area contributed by atoms with Gasteiger partial charge in [-0.3, -0.25) is 4.79 Å². The Morgan fingerprint density at radius 2 is 1.74 bits per heavy atom. The number of benzene rings is 2. The molecular weight excluding hydrogens is 342 g/mol. The molecule has 1 fully saturated rings. The summed E-state index contributed by atoms with van der Waals surface area (Å²) in [5, 5.41) is 12.3. The van der Waals surface area contributed by atoms with Crippen LogP contribution in [0.15, 0.2) is 42.5 Å². The average Bonchev–Trinajstić information content (AvgIpc) is 2.73. The lowest BCUT2D eigenvalue weighted by molar-refractivity contribution is 0.0718. The number of carbonyl (C=O) groups is 1. The minimum absolute atomic E-state index is 0.00720. The first kappa shape index (κ1) is 18.6. The number of nitrogens with zero attached hydrogens (tertiary/aromatic N) is 2. The summed E-state index contributed by atoms with van der Waals surface area (Å²) in [7, 11) is 3.14. The van der Waals surface area contributed by atoms with Gasteiger partial charge in [0.05, 0.1) is 25.9 Å². The molecule has 27 heavy (non-hydrogen) atoms. The number of ether oxygens (including phenoxy) is 2. The number of methoxy groups -OCH3 is 2.